The smallest absolute Gasteiger partial charge is 0.272 e. The van der Waals surface area contributed by atoms with Gasteiger partial charge in [0.15, 0.2) is 0 Å². The first kappa shape index (κ1) is 6.08. The van der Waals surface area contributed by atoms with Crippen molar-refractivity contribution in [3.63, 3.8) is 0 Å². The van der Waals surface area contributed by atoms with Crippen LogP contribution in [0.5, 0.6) is 0 Å². The van der Waals surface area contributed by atoms with Crippen LogP contribution in [0.15, 0.2) is 12.5 Å². The fraction of sp³-hybridized carbons (Fsp3) is 0.750. The van der Waals surface area contributed by atoms with Crippen molar-refractivity contribution in [2.75, 3.05) is 0 Å². The molecule has 0 aromatic carbocycles. The molecule has 2 heteroatoms. The topological polar surface area (TPSA) is 18.5 Å². The van der Waals surface area contributed by atoms with Crippen LogP contribution < -0.4 is 0 Å². The van der Waals surface area contributed by atoms with E-state index in [1.807, 2.05) is 0 Å². The molecule has 0 amide bonds. The summed E-state index contributed by atoms with van der Waals surface area (Å²) < 4.78 is 10.7. The maximum Gasteiger partial charge on any atom is 0.272 e. The van der Waals surface area contributed by atoms with Gasteiger partial charge in [0.1, 0.15) is 12.2 Å². The summed E-state index contributed by atoms with van der Waals surface area (Å²) >= 11 is 0. The summed E-state index contributed by atoms with van der Waals surface area (Å²) in [5.41, 5.74) is 0. The molecule has 0 radical (unpaired) electrons. The Morgan fingerprint density at radius 1 is 1.10 bits per heavy atom. The van der Waals surface area contributed by atoms with E-state index in [9.17, 15) is 0 Å². The van der Waals surface area contributed by atoms with Crippen LogP contribution in [0.2, 0.25) is 0 Å². The predicted molar refractivity (Wildman–Crippen MR) is 37.4 cm³/mol. The zero-order chi connectivity index (χ0) is 6.97. The third-order valence-corrected chi connectivity index (χ3v) is 2.21. The molecule has 0 spiro atoms. The van der Waals surface area contributed by atoms with Crippen LogP contribution in [0.25, 0.3) is 0 Å². The Kier molecular flexibility index (Phi) is 1.33. The van der Waals surface area contributed by atoms with Gasteiger partial charge in [0, 0.05) is 0 Å². The SMILES string of the molecule is C=C1O[C@H]2CCCC[C@H]2O1. The molecule has 0 unspecified atom stereocenters. The van der Waals surface area contributed by atoms with Crippen molar-refractivity contribution in [1.82, 2.24) is 0 Å². The second kappa shape index (κ2) is 2.19. The van der Waals surface area contributed by atoms with Gasteiger partial charge < -0.3 is 9.47 Å². The molecule has 2 atom stereocenters. The second-order valence-corrected chi connectivity index (χ2v) is 2.97. The molecule has 56 valence electrons. The Hall–Kier alpha value is -0.660. The van der Waals surface area contributed by atoms with Crippen molar-refractivity contribution >= 4 is 0 Å². The van der Waals surface area contributed by atoms with E-state index in [1.54, 1.807) is 0 Å². The minimum atomic E-state index is 0.321. The molecule has 1 aliphatic heterocycles. The fourth-order valence-electron chi connectivity index (χ4n) is 1.70. The number of ether oxygens (including phenoxy) is 2. The summed E-state index contributed by atoms with van der Waals surface area (Å²) in [6.07, 6.45) is 5.48. The Labute approximate surface area is 60.8 Å². The molecule has 1 saturated heterocycles. The number of hydrogen-bond acceptors (Lipinski definition) is 2. The number of hydrogen-bond donors (Lipinski definition) is 0. The molecule has 2 fully saturated rings. The zero-order valence-electron chi connectivity index (χ0n) is 6.01. The summed E-state index contributed by atoms with van der Waals surface area (Å²) in [7, 11) is 0. The van der Waals surface area contributed by atoms with E-state index in [0.29, 0.717) is 18.2 Å². The van der Waals surface area contributed by atoms with Gasteiger partial charge in [0.2, 0.25) is 0 Å². The van der Waals surface area contributed by atoms with E-state index in [4.69, 9.17) is 9.47 Å². The molecule has 0 aromatic heterocycles. The largest absolute Gasteiger partial charge is 0.459 e. The van der Waals surface area contributed by atoms with Crippen LogP contribution in [0.4, 0.5) is 0 Å². The van der Waals surface area contributed by atoms with E-state index in [-0.39, 0.29) is 0 Å². The van der Waals surface area contributed by atoms with Crippen LogP contribution >= 0.6 is 0 Å². The lowest BCUT2D eigenvalue weighted by atomic mass is 9.95. The standard InChI is InChI=1S/C8H12O2/c1-6-9-7-4-2-3-5-8(7)10-6/h7-8H,1-5H2/t7-,8+. The number of fused-ring (bicyclic) bond motifs is 1. The molecule has 10 heavy (non-hydrogen) atoms. The highest BCUT2D eigenvalue weighted by Crippen LogP contribution is 2.31. The van der Waals surface area contributed by atoms with E-state index < -0.39 is 0 Å². The lowest BCUT2D eigenvalue weighted by Gasteiger charge is -2.20. The monoisotopic (exact) mass is 140 g/mol. The molecular formula is C8H12O2. The van der Waals surface area contributed by atoms with Crippen LogP contribution in [0, 0.1) is 0 Å². The molecule has 0 N–H and O–H groups in total. The average molecular weight is 140 g/mol. The lowest BCUT2D eigenvalue weighted by Crippen LogP contribution is -2.25. The molecule has 2 aliphatic rings. The zero-order valence-corrected chi connectivity index (χ0v) is 6.01. The minimum Gasteiger partial charge on any atom is -0.459 e. The molecule has 1 heterocycles. The highest BCUT2D eigenvalue weighted by Gasteiger charge is 2.34. The lowest BCUT2D eigenvalue weighted by molar-refractivity contribution is 0.110. The van der Waals surface area contributed by atoms with Crippen molar-refractivity contribution in [2.24, 2.45) is 0 Å². The third kappa shape index (κ3) is 0.877. The van der Waals surface area contributed by atoms with Crippen LogP contribution in [-0.2, 0) is 9.47 Å². The van der Waals surface area contributed by atoms with Crippen molar-refractivity contribution in [2.45, 2.75) is 37.9 Å². The maximum absolute atomic E-state index is 5.35. The van der Waals surface area contributed by atoms with Gasteiger partial charge in [-0.1, -0.05) is 0 Å². The van der Waals surface area contributed by atoms with E-state index >= 15 is 0 Å². The van der Waals surface area contributed by atoms with Gasteiger partial charge in [0.05, 0.1) is 0 Å². The van der Waals surface area contributed by atoms with Crippen molar-refractivity contribution < 1.29 is 9.47 Å². The van der Waals surface area contributed by atoms with Gasteiger partial charge in [-0.2, -0.15) is 0 Å². The van der Waals surface area contributed by atoms with Crippen molar-refractivity contribution in [3.8, 4) is 0 Å². The molecule has 1 saturated carbocycles. The molecule has 1 aliphatic carbocycles. The van der Waals surface area contributed by atoms with Gasteiger partial charge in [-0.3, -0.25) is 0 Å². The Morgan fingerprint density at radius 3 is 2.10 bits per heavy atom. The summed E-state index contributed by atoms with van der Waals surface area (Å²) in [5, 5.41) is 0. The van der Waals surface area contributed by atoms with Crippen molar-refractivity contribution in [1.29, 1.82) is 0 Å². The first-order chi connectivity index (χ1) is 4.86. The third-order valence-electron chi connectivity index (χ3n) is 2.21. The van der Waals surface area contributed by atoms with E-state index in [0.717, 1.165) is 12.8 Å². The van der Waals surface area contributed by atoms with Crippen molar-refractivity contribution in [3.05, 3.63) is 12.5 Å². The van der Waals surface area contributed by atoms with Gasteiger partial charge in [-0.25, -0.2) is 0 Å². The highest BCUT2D eigenvalue weighted by atomic mass is 16.7. The summed E-state index contributed by atoms with van der Waals surface area (Å²) in [5.74, 6) is 0.525. The van der Waals surface area contributed by atoms with Gasteiger partial charge in [-0.05, 0) is 32.3 Å². The van der Waals surface area contributed by atoms with Gasteiger partial charge in [0.25, 0.3) is 5.95 Å². The molecule has 0 aromatic rings. The molecule has 2 rings (SSSR count). The van der Waals surface area contributed by atoms with Gasteiger partial charge in [-0.15, -0.1) is 0 Å². The van der Waals surface area contributed by atoms with E-state index in [2.05, 4.69) is 6.58 Å². The van der Waals surface area contributed by atoms with Crippen LogP contribution in [0.1, 0.15) is 25.7 Å². The summed E-state index contributed by atoms with van der Waals surface area (Å²) in [6.45, 7) is 3.63. The predicted octanol–water partition coefficient (Wildman–Crippen LogP) is 1.82. The molecule has 0 bridgehead atoms. The Balaban J connectivity index is 2.04. The molecular weight excluding hydrogens is 128 g/mol. The second-order valence-electron chi connectivity index (χ2n) is 2.97. The summed E-state index contributed by atoms with van der Waals surface area (Å²) in [6, 6.07) is 0. The first-order valence-corrected chi connectivity index (χ1v) is 3.88. The molecule has 2 nitrogen and oxygen atoms in total. The average Bonchev–Trinajstić information content (AvgIpc) is 2.27. The Morgan fingerprint density at radius 2 is 1.60 bits per heavy atom. The normalized spacial score (nSPS) is 38.2. The fourth-order valence-corrected chi connectivity index (χ4v) is 1.70. The van der Waals surface area contributed by atoms with E-state index in [1.165, 1.54) is 12.8 Å². The summed E-state index contributed by atoms with van der Waals surface area (Å²) in [4.78, 5) is 0. The first-order valence-electron chi connectivity index (χ1n) is 3.88. The maximum atomic E-state index is 5.35. The highest BCUT2D eigenvalue weighted by molar-refractivity contribution is 4.89. The van der Waals surface area contributed by atoms with Crippen LogP contribution in [-0.4, -0.2) is 12.2 Å². The number of rotatable bonds is 0. The van der Waals surface area contributed by atoms with Gasteiger partial charge >= 0.3 is 0 Å². The minimum absolute atomic E-state index is 0.321. The quantitative estimate of drug-likeness (QED) is 0.511. The van der Waals surface area contributed by atoms with Crippen LogP contribution in [0.3, 0.4) is 0 Å². The Bertz CT molecular complexity index is 137.